The second-order valence-corrected chi connectivity index (χ2v) is 6.31. The fraction of sp³-hybridized carbons (Fsp3) is 0.308. The van der Waals surface area contributed by atoms with Gasteiger partial charge in [0, 0.05) is 7.05 Å². The summed E-state index contributed by atoms with van der Waals surface area (Å²) in [4.78, 5) is 0.156. The normalized spacial score (nSPS) is 11.7. The molecule has 5 nitrogen and oxygen atoms in total. The maximum atomic E-state index is 13.0. The third-order valence-corrected chi connectivity index (χ3v) is 4.76. The number of hydrogen-bond acceptors (Lipinski definition) is 3. The van der Waals surface area contributed by atoms with Crippen LogP contribution in [-0.4, -0.2) is 18.2 Å². The number of aryl methyl sites for hydroxylation is 3. The Balaban J connectivity index is 2.46. The zero-order valence-corrected chi connectivity index (χ0v) is 12.5. The molecule has 0 aliphatic heterocycles. The van der Waals surface area contributed by atoms with Crippen molar-refractivity contribution in [3.05, 3.63) is 41.0 Å². The van der Waals surface area contributed by atoms with Crippen LogP contribution in [0.15, 0.2) is 23.1 Å². The maximum absolute atomic E-state index is 13.0. The molecule has 0 radical (unpaired) electrons. The molecule has 0 spiro atoms. The monoisotopic (exact) mass is 297 g/mol. The Morgan fingerprint density at radius 3 is 2.40 bits per heavy atom. The third-order valence-electron chi connectivity index (χ3n) is 3.14. The minimum absolute atomic E-state index is 0.156. The van der Waals surface area contributed by atoms with Crippen molar-refractivity contribution in [3.8, 4) is 0 Å². The molecular weight excluding hydrogens is 281 g/mol. The lowest BCUT2D eigenvalue weighted by molar-refractivity contribution is 0.599. The van der Waals surface area contributed by atoms with Crippen LogP contribution in [0.1, 0.15) is 17.0 Å². The number of nitrogens with zero attached hydrogens (tertiary/aromatic N) is 2. The molecule has 1 heterocycles. The van der Waals surface area contributed by atoms with E-state index in [1.807, 2.05) is 0 Å². The van der Waals surface area contributed by atoms with Gasteiger partial charge in [-0.3, -0.25) is 9.40 Å². The van der Waals surface area contributed by atoms with Crippen molar-refractivity contribution in [1.29, 1.82) is 0 Å². The number of nitrogens with one attached hydrogen (secondary N) is 1. The van der Waals surface area contributed by atoms with Crippen LogP contribution in [0.3, 0.4) is 0 Å². The van der Waals surface area contributed by atoms with Crippen molar-refractivity contribution in [1.82, 2.24) is 9.78 Å². The van der Waals surface area contributed by atoms with Gasteiger partial charge in [-0.15, -0.1) is 0 Å². The Morgan fingerprint density at radius 2 is 1.90 bits per heavy atom. The fourth-order valence-corrected chi connectivity index (χ4v) is 3.65. The number of sulfonamides is 1. The molecule has 0 bridgehead atoms. The van der Waals surface area contributed by atoms with E-state index in [0.29, 0.717) is 22.6 Å². The number of aromatic nitrogens is 2. The molecule has 1 N–H and O–H groups in total. The van der Waals surface area contributed by atoms with Gasteiger partial charge in [-0.1, -0.05) is 0 Å². The molecule has 108 valence electrons. The first-order chi connectivity index (χ1) is 9.22. The Morgan fingerprint density at radius 1 is 1.25 bits per heavy atom. The van der Waals surface area contributed by atoms with E-state index >= 15 is 0 Å². The zero-order chi connectivity index (χ0) is 15.1. The van der Waals surface area contributed by atoms with Crippen molar-refractivity contribution in [3.63, 3.8) is 0 Å². The molecule has 0 amide bonds. The van der Waals surface area contributed by atoms with E-state index in [9.17, 15) is 12.8 Å². The Kier molecular flexibility index (Phi) is 3.56. The summed E-state index contributed by atoms with van der Waals surface area (Å²) in [5, 5.41) is 4.09. The highest BCUT2D eigenvalue weighted by Crippen LogP contribution is 2.24. The van der Waals surface area contributed by atoms with E-state index < -0.39 is 15.8 Å². The quantitative estimate of drug-likeness (QED) is 0.945. The zero-order valence-electron chi connectivity index (χ0n) is 11.7. The Hall–Kier alpha value is -1.89. The number of halogens is 1. The van der Waals surface area contributed by atoms with Gasteiger partial charge in [0.2, 0.25) is 0 Å². The van der Waals surface area contributed by atoms with Gasteiger partial charge in [0.1, 0.15) is 10.7 Å². The van der Waals surface area contributed by atoms with Crippen LogP contribution in [0.5, 0.6) is 0 Å². The van der Waals surface area contributed by atoms with Gasteiger partial charge in [-0.05, 0) is 44.5 Å². The third kappa shape index (κ3) is 2.53. The molecule has 0 aliphatic rings. The summed E-state index contributed by atoms with van der Waals surface area (Å²) in [7, 11) is -2.06. The first-order valence-electron chi connectivity index (χ1n) is 6.01. The molecule has 2 rings (SSSR count). The van der Waals surface area contributed by atoms with Crippen molar-refractivity contribution in [2.75, 3.05) is 4.72 Å². The number of hydrogen-bond donors (Lipinski definition) is 1. The Labute approximate surface area is 117 Å². The standard InChI is InChI=1S/C13H16FN3O2S/c1-8-7-11(14)5-6-12(8)16-20(18,19)13-9(2)15-17(4)10(13)3/h5-7,16H,1-4H3. The lowest BCUT2D eigenvalue weighted by Crippen LogP contribution is -2.15. The SMILES string of the molecule is Cc1cc(F)ccc1NS(=O)(=O)c1c(C)nn(C)c1C. The van der Waals surface area contributed by atoms with Gasteiger partial charge >= 0.3 is 0 Å². The molecule has 2 aromatic rings. The van der Waals surface area contributed by atoms with E-state index in [1.54, 1.807) is 27.8 Å². The second kappa shape index (κ2) is 4.90. The summed E-state index contributed by atoms with van der Waals surface area (Å²) in [6.45, 7) is 4.97. The molecule has 0 saturated heterocycles. The summed E-state index contributed by atoms with van der Waals surface area (Å²) in [5.41, 5.74) is 1.86. The van der Waals surface area contributed by atoms with Gasteiger partial charge in [-0.25, -0.2) is 12.8 Å². The summed E-state index contributed by atoms with van der Waals surface area (Å²) in [5.74, 6) is -0.404. The number of rotatable bonds is 3. The summed E-state index contributed by atoms with van der Waals surface area (Å²) in [6, 6.07) is 3.90. The Bertz CT molecular complexity index is 766. The van der Waals surface area contributed by atoms with E-state index in [0.717, 1.165) is 0 Å². The number of benzene rings is 1. The van der Waals surface area contributed by atoms with Crippen LogP contribution in [0.4, 0.5) is 10.1 Å². The van der Waals surface area contributed by atoms with Gasteiger partial charge in [0.05, 0.1) is 17.1 Å². The maximum Gasteiger partial charge on any atom is 0.265 e. The van der Waals surface area contributed by atoms with Crippen LogP contribution in [0.2, 0.25) is 0 Å². The molecule has 20 heavy (non-hydrogen) atoms. The molecule has 1 aromatic carbocycles. The van der Waals surface area contributed by atoms with Gasteiger partial charge < -0.3 is 0 Å². The van der Waals surface area contributed by atoms with Crippen molar-refractivity contribution in [2.45, 2.75) is 25.7 Å². The van der Waals surface area contributed by atoms with E-state index in [4.69, 9.17) is 0 Å². The molecule has 0 fully saturated rings. The average Bonchev–Trinajstić information content (AvgIpc) is 2.57. The second-order valence-electron chi connectivity index (χ2n) is 4.69. The van der Waals surface area contributed by atoms with Gasteiger partial charge in [-0.2, -0.15) is 5.10 Å². The summed E-state index contributed by atoms with van der Waals surface area (Å²) < 4.78 is 41.9. The molecule has 7 heteroatoms. The van der Waals surface area contributed by atoms with Crippen LogP contribution in [0.25, 0.3) is 0 Å². The lowest BCUT2D eigenvalue weighted by atomic mass is 10.2. The van der Waals surface area contributed by atoms with E-state index in [-0.39, 0.29) is 4.90 Å². The predicted molar refractivity (Wildman–Crippen MR) is 74.6 cm³/mol. The molecule has 1 aromatic heterocycles. The minimum Gasteiger partial charge on any atom is -0.279 e. The van der Waals surface area contributed by atoms with Crippen molar-refractivity contribution >= 4 is 15.7 Å². The number of anilines is 1. The highest BCUT2D eigenvalue weighted by atomic mass is 32.2. The topological polar surface area (TPSA) is 64.0 Å². The smallest absolute Gasteiger partial charge is 0.265 e. The van der Waals surface area contributed by atoms with Gasteiger partial charge in [0.25, 0.3) is 10.0 Å². The van der Waals surface area contributed by atoms with E-state index in [1.165, 1.54) is 22.9 Å². The summed E-state index contributed by atoms with van der Waals surface area (Å²) >= 11 is 0. The largest absolute Gasteiger partial charge is 0.279 e. The first kappa shape index (κ1) is 14.5. The van der Waals surface area contributed by atoms with Crippen LogP contribution < -0.4 is 4.72 Å². The van der Waals surface area contributed by atoms with E-state index in [2.05, 4.69) is 9.82 Å². The fourth-order valence-electron chi connectivity index (χ4n) is 2.08. The molecular formula is C13H16FN3O2S. The minimum atomic E-state index is -3.74. The predicted octanol–water partition coefficient (Wildman–Crippen LogP) is 2.29. The van der Waals surface area contributed by atoms with Crippen LogP contribution in [0, 0.1) is 26.6 Å². The van der Waals surface area contributed by atoms with Crippen LogP contribution >= 0.6 is 0 Å². The van der Waals surface area contributed by atoms with Gasteiger partial charge in [0.15, 0.2) is 0 Å². The average molecular weight is 297 g/mol. The summed E-state index contributed by atoms with van der Waals surface area (Å²) in [6.07, 6.45) is 0. The molecule has 0 unspecified atom stereocenters. The molecule has 0 atom stereocenters. The van der Waals surface area contributed by atoms with Crippen LogP contribution in [-0.2, 0) is 17.1 Å². The highest BCUT2D eigenvalue weighted by Gasteiger charge is 2.24. The van der Waals surface area contributed by atoms with Crippen molar-refractivity contribution < 1.29 is 12.8 Å². The molecule has 0 aliphatic carbocycles. The first-order valence-corrected chi connectivity index (χ1v) is 7.50. The highest BCUT2D eigenvalue weighted by molar-refractivity contribution is 7.92. The van der Waals surface area contributed by atoms with Crippen molar-refractivity contribution in [2.24, 2.45) is 7.05 Å². The lowest BCUT2D eigenvalue weighted by Gasteiger charge is -2.11. The molecule has 0 saturated carbocycles.